The molecule has 1 unspecified atom stereocenters. The maximum atomic E-state index is 13.2. The topological polar surface area (TPSA) is 45.2 Å². The summed E-state index contributed by atoms with van der Waals surface area (Å²) in [5.41, 5.74) is 1.77. The van der Waals surface area contributed by atoms with Gasteiger partial charge in [0.2, 0.25) is 5.91 Å². The molecule has 2 rings (SSSR count). The smallest absolute Gasteiger partial charge is 0.243 e. The second-order valence-corrected chi connectivity index (χ2v) is 6.57. The van der Waals surface area contributed by atoms with Crippen molar-refractivity contribution < 1.29 is 9.18 Å². The third-order valence-electron chi connectivity index (χ3n) is 3.62. The first-order valence-corrected chi connectivity index (χ1v) is 7.88. The maximum absolute atomic E-state index is 13.2. The number of halogens is 1. The Morgan fingerprint density at radius 2 is 2.18 bits per heavy atom. The molecule has 1 atom stereocenters. The second kappa shape index (κ2) is 6.98. The lowest BCUT2D eigenvalue weighted by molar-refractivity contribution is -0.120. The SMILES string of the molecule is Cc1nc(NC(=O)C(C)N(C)Cc2cccc(F)c2)sc1C. The molecule has 0 fully saturated rings. The van der Waals surface area contributed by atoms with Gasteiger partial charge in [-0.3, -0.25) is 9.69 Å². The van der Waals surface area contributed by atoms with Crippen LogP contribution in [0.15, 0.2) is 24.3 Å². The Morgan fingerprint density at radius 3 is 2.77 bits per heavy atom. The Bertz CT molecular complexity index is 652. The molecule has 1 N–H and O–H groups in total. The minimum Gasteiger partial charge on any atom is -0.301 e. The summed E-state index contributed by atoms with van der Waals surface area (Å²) in [6.45, 7) is 6.22. The van der Waals surface area contributed by atoms with E-state index in [1.807, 2.05) is 38.8 Å². The molecule has 1 aromatic heterocycles. The van der Waals surface area contributed by atoms with Crippen LogP contribution >= 0.6 is 11.3 Å². The van der Waals surface area contributed by atoms with Gasteiger partial charge in [0.25, 0.3) is 0 Å². The maximum Gasteiger partial charge on any atom is 0.243 e. The van der Waals surface area contributed by atoms with Gasteiger partial charge in [-0.2, -0.15) is 0 Å². The van der Waals surface area contributed by atoms with Crippen molar-refractivity contribution in [2.24, 2.45) is 0 Å². The molecule has 22 heavy (non-hydrogen) atoms. The lowest BCUT2D eigenvalue weighted by Crippen LogP contribution is -2.39. The second-order valence-electron chi connectivity index (χ2n) is 5.37. The number of hydrogen-bond donors (Lipinski definition) is 1. The number of nitrogens with one attached hydrogen (secondary N) is 1. The minimum absolute atomic E-state index is 0.118. The molecule has 118 valence electrons. The fourth-order valence-electron chi connectivity index (χ4n) is 2.00. The van der Waals surface area contributed by atoms with E-state index in [9.17, 15) is 9.18 Å². The fourth-order valence-corrected chi connectivity index (χ4v) is 2.81. The number of thiazole rings is 1. The third kappa shape index (κ3) is 4.11. The first kappa shape index (κ1) is 16.6. The van der Waals surface area contributed by atoms with E-state index in [1.54, 1.807) is 6.07 Å². The molecule has 0 saturated heterocycles. The Labute approximate surface area is 134 Å². The minimum atomic E-state index is -0.340. The molecule has 1 heterocycles. The predicted octanol–water partition coefficient (Wildman–Crippen LogP) is 3.36. The van der Waals surface area contributed by atoms with E-state index in [0.717, 1.165) is 16.1 Å². The van der Waals surface area contributed by atoms with Gasteiger partial charge in [-0.05, 0) is 45.5 Å². The summed E-state index contributed by atoms with van der Waals surface area (Å²) in [6.07, 6.45) is 0. The van der Waals surface area contributed by atoms with Gasteiger partial charge in [0.15, 0.2) is 5.13 Å². The van der Waals surface area contributed by atoms with Crippen LogP contribution in [0.4, 0.5) is 9.52 Å². The van der Waals surface area contributed by atoms with E-state index in [4.69, 9.17) is 0 Å². The highest BCUT2D eigenvalue weighted by Gasteiger charge is 2.19. The summed E-state index contributed by atoms with van der Waals surface area (Å²) >= 11 is 1.47. The van der Waals surface area contributed by atoms with Crippen molar-refractivity contribution in [3.8, 4) is 0 Å². The van der Waals surface area contributed by atoms with Crippen molar-refractivity contribution >= 4 is 22.4 Å². The van der Waals surface area contributed by atoms with E-state index < -0.39 is 0 Å². The highest BCUT2D eigenvalue weighted by atomic mass is 32.1. The lowest BCUT2D eigenvalue weighted by Gasteiger charge is -2.23. The molecule has 1 aromatic carbocycles. The first-order valence-electron chi connectivity index (χ1n) is 7.06. The van der Waals surface area contributed by atoms with Crippen molar-refractivity contribution in [2.45, 2.75) is 33.4 Å². The van der Waals surface area contributed by atoms with Crippen LogP contribution in [-0.4, -0.2) is 28.9 Å². The molecule has 0 bridgehead atoms. The van der Waals surface area contributed by atoms with Gasteiger partial charge in [-0.25, -0.2) is 9.37 Å². The number of nitrogens with zero attached hydrogens (tertiary/aromatic N) is 2. The van der Waals surface area contributed by atoms with Crippen LogP contribution in [-0.2, 0) is 11.3 Å². The van der Waals surface area contributed by atoms with Crippen molar-refractivity contribution in [3.63, 3.8) is 0 Å². The summed E-state index contributed by atoms with van der Waals surface area (Å²) in [7, 11) is 1.84. The number of amides is 1. The Hall–Kier alpha value is -1.79. The molecule has 0 aliphatic carbocycles. The summed E-state index contributed by atoms with van der Waals surface area (Å²) in [5, 5.41) is 3.45. The standard InChI is InChI=1S/C16H20FN3OS/c1-10-12(3)22-16(18-10)19-15(21)11(2)20(4)9-13-6-5-7-14(17)8-13/h5-8,11H,9H2,1-4H3,(H,18,19,21). The van der Waals surface area contributed by atoms with Crippen molar-refractivity contribution in [1.82, 2.24) is 9.88 Å². The van der Waals surface area contributed by atoms with Crippen molar-refractivity contribution in [3.05, 3.63) is 46.2 Å². The number of hydrogen-bond acceptors (Lipinski definition) is 4. The van der Waals surface area contributed by atoms with Crippen LogP contribution in [0, 0.1) is 19.7 Å². The van der Waals surface area contributed by atoms with Gasteiger partial charge in [-0.1, -0.05) is 12.1 Å². The molecule has 0 spiro atoms. The third-order valence-corrected chi connectivity index (χ3v) is 4.61. The van der Waals surface area contributed by atoms with Crippen molar-refractivity contribution in [2.75, 3.05) is 12.4 Å². The van der Waals surface area contributed by atoms with E-state index in [0.29, 0.717) is 11.7 Å². The van der Waals surface area contributed by atoms with E-state index in [-0.39, 0.29) is 17.8 Å². The van der Waals surface area contributed by atoms with Gasteiger partial charge in [0.05, 0.1) is 11.7 Å². The molecular weight excluding hydrogens is 301 g/mol. The molecule has 4 nitrogen and oxygen atoms in total. The van der Waals surface area contributed by atoms with E-state index >= 15 is 0 Å². The Kier molecular flexibility index (Phi) is 5.26. The molecule has 0 radical (unpaired) electrons. The largest absolute Gasteiger partial charge is 0.301 e. The Balaban J connectivity index is 1.97. The average molecular weight is 321 g/mol. The number of rotatable bonds is 5. The number of aryl methyl sites for hydroxylation is 2. The summed E-state index contributed by atoms with van der Waals surface area (Å²) in [6, 6.07) is 6.07. The number of aromatic nitrogens is 1. The van der Waals surface area contributed by atoms with Gasteiger partial charge >= 0.3 is 0 Å². The normalized spacial score (nSPS) is 12.5. The quantitative estimate of drug-likeness (QED) is 0.918. The first-order chi connectivity index (χ1) is 10.4. The van der Waals surface area contributed by atoms with Gasteiger partial charge in [0.1, 0.15) is 5.82 Å². The van der Waals surface area contributed by atoms with Crippen LogP contribution in [0.5, 0.6) is 0 Å². The molecule has 0 aliphatic heterocycles. The summed E-state index contributed by atoms with van der Waals surface area (Å²) in [4.78, 5) is 19.5. The zero-order chi connectivity index (χ0) is 16.3. The molecule has 0 saturated carbocycles. The highest BCUT2D eigenvalue weighted by Crippen LogP contribution is 2.21. The number of carbonyl (C=O) groups excluding carboxylic acids is 1. The zero-order valence-electron chi connectivity index (χ0n) is 13.2. The van der Waals surface area contributed by atoms with Crippen LogP contribution in [0.1, 0.15) is 23.1 Å². The number of likely N-dealkylation sites (N-methyl/N-ethyl adjacent to an activating group) is 1. The van der Waals surface area contributed by atoms with Crippen LogP contribution in [0.3, 0.4) is 0 Å². The molecule has 6 heteroatoms. The van der Waals surface area contributed by atoms with E-state index in [2.05, 4.69) is 10.3 Å². The average Bonchev–Trinajstić information content (AvgIpc) is 2.76. The molecule has 0 aliphatic rings. The molecule has 2 aromatic rings. The van der Waals surface area contributed by atoms with Crippen LogP contribution in [0.25, 0.3) is 0 Å². The predicted molar refractivity (Wildman–Crippen MR) is 87.5 cm³/mol. The Morgan fingerprint density at radius 1 is 1.45 bits per heavy atom. The monoisotopic (exact) mass is 321 g/mol. The lowest BCUT2D eigenvalue weighted by atomic mass is 10.2. The highest BCUT2D eigenvalue weighted by molar-refractivity contribution is 7.15. The summed E-state index contributed by atoms with van der Waals surface area (Å²) in [5.74, 6) is -0.385. The molecular formula is C16H20FN3OS. The fraction of sp³-hybridized carbons (Fsp3) is 0.375. The van der Waals surface area contributed by atoms with Gasteiger partial charge in [-0.15, -0.1) is 11.3 Å². The number of carbonyl (C=O) groups is 1. The van der Waals surface area contributed by atoms with Crippen molar-refractivity contribution in [1.29, 1.82) is 0 Å². The van der Waals surface area contributed by atoms with E-state index in [1.165, 1.54) is 23.5 Å². The number of benzene rings is 1. The van der Waals surface area contributed by atoms with Gasteiger partial charge < -0.3 is 5.32 Å². The number of anilines is 1. The van der Waals surface area contributed by atoms with Gasteiger partial charge in [0, 0.05) is 11.4 Å². The zero-order valence-corrected chi connectivity index (χ0v) is 14.0. The summed E-state index contributed by atoms with van der Waals surface area (Å²) < 4.78 is 13.2. The van der Waals surface area contributed by atoms with Crippen LogP contribution < -0.4 is 5.32 Å². The van der Waals surface area contributed by atoms with Crippen LogP contribution in [0.2, 0.25) is 0 Å². The molecule has 1 amide bonds.